The minimum atomic E-state index is -0.577. The summed E-state index contributed by atoms with van der Waals surface area (Å²) < 4.78 is 11.8. The van der Waals surface area contributed by atoms with E-state index in [2.05, 4.69) is 21.2 Å². The van der Waals surface area contributed by atoms with Crippen LogP contribution in [0.4, 0.5) is 0 Å². The number of carbonyl (C=O) groups is 1. The topological polar surface area (TPSA) is 47.6 Å². The molecule has 1 N–H and O–H groups in total. The van der Waals surface area contributed by atoms with Crippen LogP contribution in [-0.2, 0) is 9.47 Å². The number of halogens is 2. The van der Waals surface area contributed by atoms with Crippen LogP contribution in [0.25, 0.3) is 0 Å². The lowest BCUT2D eigenvalue weighted by Crippen LogP contribution is -2.34. The summed E-state index contributed by atoms with van der Waals surface area (Å²) in [5.41, 5.74) is 0.505. The normalized spacial score (nSPS) is 21.4. The highest BCUT2D eigenvalue weighted by Crippen LogP contribution is 2.23. The fourth-order valence-corrected chi connectivity index (χ4v) is 2.44. The molecule has 1 aliphatic heterocycles. The van der Waals surface area contributed by atoms with Crippen LogP contribution >= 0.6 is 27.5 Å². The Labute approximate surface area is 125 Å². The Morgan fingerprint density at radius 1 is 1.58 bits per heavy atom. The molecule has 104 valence electrons. The summed E-state index contributed by atoms with van der Waals surface area (Å²) in [6.07, 6.45) is -0.128. The molecule has 0 spiro atoms. The highest BCUT2D eigenvalue weighted by molar-refractivity contribution is 9.10. The maximum Gasteiger partial charge on any atom is 0.252 e. The Bertz CT molecular complexity index is 493. The van der Waals surface area contributed by atoms with Crippen molar-refractivity contribution in [3.05, 3.63) is 33.3 Å². The molecular weight excluding hydrogens is 334 g/mol. The second-order valence-corrected chi connectivity index (χ2v) is 6.08. The Morgan fingerprint density at radius 3 is 2.95 bits per heavy atom. The van der Waals surface area contributed by atoms with E-state index in [0.29, 0.717) is 28.2 Å². The first kappa shape index (κ1) is 14.8. The maximum absolute atomic E-state index is 12.0. The predicted octanol–water partition coefficient (Wildman–Crippen LogP) is 2.98. The van der Waals surface area contributed by atoms with Gasteiger partial charge in [0.25, 0.3) is 5.91 Å². The van der Waals surface area contributed by atoms with Gasteiger partial charge in [0.1, 0.15) is 6.10 Å². The number of nitrogens with one attached hydrogen (secondary N) is 1. The van der Waals surface area contributed by atoms with Crippen LogP contribution in [0.2, 0.25) is 5.02 Å². The van der Waals surface area contributed by atoms with E-state index in [0.717, 1.165) is 0 Å². The number of hydrogen-bond acceptors (Lipinski definition) is 3. The SMILES string of the molecule is CC1(C)OCC(CNC(=O)c2cc(Cl)ccc2Br)O1. The molecule has 1 heterocycles. The van der Waals surface area contributed by atoms with Crippen molar-refractivity contribution >= 4 is 33.4 Å². The molecule has 1 fully saturated rings. The third-order valence-electron chi connectivity index (χ3n) is 2.73. The highest BCUT2D eigenvalue weighted by atomic mass is 79.9. The average molecular weight is 349 g/mol. The van der Waals surface area contributed by atoms with Crippen molar-refractivity contribution in [2.45, 2.75) is 25.7 Å². The number of rotatable bonds is 3. The van der Waals surface area contributed by atoms with Crippen LogP contribution in [-0.4, -0.2) is 30.9 Å². The van der Waals surface area contributed by atoms with Crippen LogP contribution < -0.4 is 5.32 Å². The van der Waals surface area contributed by atoms with Gasteiger partial charge in [0.2, 0.25) is 0 Å². The molecule has 1 unspecified atom stereocenters. The van der Waals surface area contributed by atoms with Crippen molar-refractivity contribution in [3.8, 4) is 0 Å². The molecule has 0 aromatic heterocycles. The van der Waals surface area contributed by atoms with E-state index in [9.17, 15) is 4.79 Å². The molecule has 2 rings (SSSR count). The van der Waals surface area contributed by atoms with Gasteiger partial charge in [-0.2, -0.15) is 0 Å². The molecule has 4 nitrogen and oxygen atoms in total. The molecule has 19 heavy (non-hydrogen) atoms. The Kier molecular flexibility index (Phi) is 4.50. The van der Waals surface area contributed by atoms with Crippen molar-refractivity contribution in [1.29, 1.82) is 0 Å². The molecule has 0 bridgehead atoms. The van der Waals surface area contributed by atoms with Crippen LogP contribution in [0.1, 0.15) is 24.2 Å². The van der Waals surface area contributed by atoms with Crippen molar-refractivity contribution in [3.63, 3.8) is 0 Å². The third kappa shape index (κ3) is 3.92. The fraction of sp³-hybridized carbons (Fsp3) is 0.462. The number of hydrogen-bond donors (Lipinski definition) is 1. The summed E-state index contributed by atoms with van der Waals surface area (Å²) in [7, 11) is 0. The first-order valence-electron chi connectivity index (χ1n) is 5.92. The summed E-state index contributed by atoms with van der Waals surface area (Å²) in [5, 5.41) is 3.34. The molecule has 0 radical (unpaired) electrons. The fourth-order valence-electron chi connectivity index (χ4n) is 1.84. The Hall–Kier alpha value is -0.620. The van der Waals surface area contributed by atoms with Crippen molar-refractivity contribution in [2.75, 3.05) is 13.2 Å². The van der Waals surface area contributed by atoms with Crippen molar-refractivity contribution in [2.24, 2.45) is 0 Å². The van der Waals surface area contributed by atoms with E-state index >= 15 is 0 Å². The smallest absolute Gasteiger partial charge is 0.252 e. The predicted molar refractivity (Wildman–Crippen MR) is 76.4 cm³/mol. The lowest BCUT2D eigenvalue weighted by molar-refractivity contribution is -0.137. The van der Waals surface area contributed by atoms with E-state index < -0.39 is 5.79 Å². The number of benzene rings is 1. The largest absolute Gasteiger partial charge is 0.349 e. The first-order chi connectivity index (χ1) is 8.87. The standard InChI is InChI=1S/C13H15BrClNO3/c1-13(2)18-7-9(19-13)6-16-12(17)10-5-8(15)3-4-11(10)14/h3-5,9H,6-7H2,1-2H3,(H,16,17). The van der Waals surface area contributed by atoms with Gasteiger partial charge < -0.3 is 14.8 Å². The monoisotopic (exact) mass is 347 g/mol. The first-order valence-corrected chi connectivity index (χ1v) is 7.09. The third-order valence-corrected chi connectivity index (χ3v) is 3.66. The van der Waals surface area contributed by atoms with Crippen LogP contribution in [0, 0.1) is 0 Å². The van der Waals surface area contributed by atoms with E-state index in [-0.39, 0.29) is 12.0 Å². The molecule has 0 saturated carbocycles. The molecular formula is C13H15BrClNO3. The van der Waals surface area contributed by atoms with Crippen molar-refractivity contribution in [1.82, 2.24) is 5.32 Å². The zero-order chi connectivity index (χ0) is 14.0. The van der Waals surface area contributed by atoms with Gasteiger partial charge in [-0.1, -0.05) is 11.6 Å². The molecule has 1 aromatic rings. The van der Waals surface area contributed by atoms with Gasteiger partial charge in [0.05, 0.1) is 12.2 Å². The van der Waals surface area contributed by atoms with Gasteiger partial charge in [-0.05, 0) is 48.0 Å². The number of amides is 1. The molecule has 0 aliphatic carbocycles. The van der Waals surface area contributed by atoms with Gasteiger partial charge in [0, 0.05) is 16.0 Å². The van der Waals surface area contributed by atoms with E-state index in [1.54, 1.807) is 18.2 Å². The molecule has 1 amide bonds. The number of carbonyl (C=O) groups excluding carboxylic acids is 1. The van der Waals surface area contributed by atoms with Crippen LogP contribution in [0.5, 0.6) is 0 Å². The van der Waals surface area contributed by atoms with E-state index in [1.165, 1.54) is 0 Å². The Morgan fingerprint density at radius 2 is 2.32 bits per heavy atom. The van der Waals surface area contributed by atoms with Crippen LogP contribution in [0.3, 0.4) is 0 Å². The molecule has 1 aromatic carbocycles. The van der Waals surface area contributed by atoms with Gasteiger partial charge in [-0.25, -0.2) is 0 Å². The second kappa shape index (κ2) is 5.79. The summed E-state index contributed by atoms with van der Waals surface area (Å²) in [6.45, 7) is 4.58. The quantitative estimate of drug-likeness (QED) is 0.913. The number of ether oxygens (including phenoxy) is 2. The summed E-state index contributed by atoms with van der Waals surface area (Å²) in [6, 6.07) is 5.09. The minimum absolute atomic E-state index is 0.128. The molecule has 1 atom stereocenters. The van der Waals surface area contributed by atoms with Gasteiger partial charge in [-0.3, -0.25) is 4.79 Å². The summed E-state index contributed by atoms with van der Waals surface area (Å²) in [4.78, 5) is 12.0. The van der Waals surface area contributed by atoms with Gasteiger partial charge in [-0.15, -0.1) is 0 Å². The zero-order valence-corrected chi connectivity index (χ0v) is 13.0. The van der Waals surface area contributed by atoms with E-state index in [1.807, 2.05) is 13.8 Å². The highest BCUT2D eigenvalue weighted by Gasteiger charge is 2.32. The lowest BCUT2D eigenvalue weighted by Gasteiger charge is -2.17. The minimum Gasteiger partial charge on any atom is -0.349 e. The maximum atomic E-state index is 12.0. The van der Waals surface area contributed by atoms with Crippen LogP contribution in [0.15, 0.2) is 22.7 Å². The van der Waals surface area contributed by atoms with E-state index in [4.69, 9.17) is 21.1 Å². The molecule has 1 saturated heterocycles. The average Bonchev–Trinajstić information content (AvgIpc) is 2.69. The summed E-state index contributed by atoms with van der Waals surface area (Å²) >= 11 is 9.21. The lowest BCUT2D eigenvalue weighted by atomic mass is 10.2. The van der Waals surface area contributed by atoms with Crippen molar-refractivity contribution < 1.29 is 14.3 Å². The molecule has 1 aliphatic rings. The van der Waals surface area contributed by atoms with Gasteiger partial charge >= 0.3 is 0 Å². The summed E-state index contributed by atoms with van der Waals surface area (Å²) in [5.74, 6) is -0.769. The molecule has 6 heteroatoms. The zero-order valence-electron chi connectivity index (χ0n) is 10.7. The Balaban J connectivity index is 1.93. The van der Waals surface area contributed by atoms with Gasteiger partial charge in [0.15, 0.2) is 5.79 Å². The second-order valence-electron chi connectivity index (χ2n) is 4.78.